The Bertz CT molecular complexity index is 684. The number of halogens is 1. The molecule has 5 nitrogen and oxygen atoms in total. The van der Waals surface area contributed by atoms with Gasteiger partial charge in [0.15, 0.2) is 0 Å². The van der Waals surface area contributed by atoms with E-state index in [-0.39, 0.29) is 11.8 Å². The number of anilines is 1. The summed E-state index contributed by atoms with van der Waals surface area (Å²) < 4.78 is 5.64. The highest BCUT2D eigenvalue weighted by Gasteiger charge is 2.31. The normalized spacial score (nSPS) is 14.2. The standard InChI is InChI=1S/C17H17ClN2O3/c18-13-2-1-3-14(8-13)19-17(22)20-9-12(10-20)11-23-16-6-4-15(21)5-7-16/h1-8,12,21H,9-11H2,(H,19,22). The maximum absolute atomic E-state index is 12.1. The van der Waals surface area contributed by atoms with Gasteiger partial charge in [0.05, 0.1) is 6.61 Å². The SMILES string of the molecule is O=C(Nc1cccc(Cl)c1)N1CC(COc2ccc(O)cc2)C1. The van der Waals surface area contributed by atoms with Crippen molar-refractivity contribution in [2.45, 2.75) is 0 Å². The van der Waals surface area contributed by atoms with Crippen LogP contribution in [0.4, 0.5) is 10.5 Å². The first kappa shape index (κ1) is 15.5. The molecule has 1 saturated heterocycles. The monoisotopic (exact) mass is 332 g/mol. The molecule has 0 saturated carbocycles. The minimum atomic E-state index is -0.131. The molecule has 2 N–H and O–H groups in total. The van der Waals surface area contributed by atoms with E-state index in [9.17, 15) is 9.90 Å². The number of likely N-dealkylation sites (tertiary alicyclic amines) is 1. The lowest BCUT2D eigenvalue weighted by atomic mass is 10.0. The zero-order chi connectivity index (χ0) is 16.2. The fourth-order valence-corrected chi connectivity index (χ4v) is 2.56. The van der Waals surface area contributed by atoms with Gasteiger partial charge >= 0.3 is 6.03 Å². The number of carbonyl (C=O) groups is 1. The molecular weight excluding hydrogens is 316 g/mol. The van der Waals surface area contributed by atoms with E-state index in [0.29, 0.717) is 42.1 Å². The van der Waals surface area contributed by atoms with E-state index in [2.05, 4.69) is 5.32 Å². The topological polar surface area (TPSA) is 61.8 Å². The third-order valence-electron chi connectivity index (χ3n) is 3.64. The van der Waals surface area contributed by atoms with Crippen molar-refractivity contribution < 1.29 is 14.6 Å². The van der Waals surface area contributed by atoms with Crippen LogP contribution in [0, 0.1) is 5.92 Å². The van der Waals surface area contributed by atoms with Gasteiger partial charge < -0.3 is 20.1 Å². The lowest BCUT2D eigenvalue weighted by molar-refractivity contribution is 0.0924. The highest BCUT2D eigenvalue weighted by Crippen LogP contribution is 2.21. The molecule has 0 spiro atoms. The van der Waals surface area contributed by atoms with Crippen molar-refractivity contribution in [2.24, 2.45) is 5.92 Å². The Kier molecular flexibility index (Phi) is 4.57. The lowest BCUT2D eigenvalue weighted by Gasteiger charge is -2.38. The molecule has 6 heteroatoms. The summed E-state index contributed by atoms with van der Waals surface area (Å²) in [6.07, 6.45) is 0. The Morgan fingerprint density at radius 2 is 2.00 bits per heavy atom. The molecule has 2 aromatic carbocycles. The second-order valence-corrected chi connectivity index (χ2v) is 5.95. The average Bonchev–Trinajstić information content (AvgIpc) is 2.47. The van der Waals surface area contributed by atoms with Crippen LogP contribution in [-0.2, 0) is 0 Å². The van der Waals surface area contributed by atoms with Crippen LogP contribution in [0.1, 0.15) is 0 Å². The van der Waals surface area contributed by atoms with Gasteiger partial charge in [0.1, 0.15) is 11.5 Å². The largest absolute Gasteiger partial charge is 0.508 e. The molecule has 3 rings (SSSR count). The second kappa shape index (κ2) is 6.79. The first-order chi connectivity index (χ1) is 11.1. The molecule has 0 aromatic heterocycles. The second-order valence-electron chi connectivity index (χ2n) is 5.52. The van der Waals surface area contributed by atoms with Crippen molar-refractivity contribution in [3.05, 3.63) is 53.6 Å². The Hall–Kier alpha value is -2.40. The van der Waals surface area contributed by atoms with Crippen LogP contribution in [-0.4, -0.2) is 35.7 Å². The number of aromatic hydroxyl groups is 1. The predicted octanol–water partition coefficient (Wildman–Crippen LogP) is 3.59. The van der Waals surface area contributed by atoms with Gasteiger partial charge in [0, 0.05) is 29.7 Å². The van der Waals surface area contributed by atoms with Crippen LogP contribution in [0.15, 0.2) is 48.5 Å². The highest BCUT2D eigenvalue weighted by atomic mass is 35.5. The number of phenolic OH excluding ortho intramolecular Hbond substituents is 1. The number of amides is 2. The zero-order valence-electron chi connectivity index (χ0n) is 12.4. The number of benzene rings is 2. The summed E-state index contributed by atoms with van der Waals surface area (Å²) in [4.78, 5) is 13.8. The number of urea groups is 1. The summed E-state index contributed by atoms with van der Waals surface area (Å²) in [5, 5.41) is 12.6. The third-order valence-corrected chi connectivity index (χ3v) is 3.88. The molecule has 1 aliphatic rings. The van der Waals surface area contributed by atoms with Gasteiger partial charge in [-0.15, -0.1) is 0 Å². The van der Waals surface area contributed by atoms with Crippen molar-refractivity contribution in [1.82, 2.24) is 4.90 Å². The van der Waals surface area contributed by atoms with Crippen molar-refractivity contribution >= 4 is 23.3 Å². The third kappa shape index (κ3) is 4.07. The number of nitrogens with one attached hydrogen (secondary N) is 1. The minimum Gasteiger partial charge on any atom is -0.508 e. The van der Waals surface area contributed by atoms with E-state index in [4.69, 9.17) is 16.3 Å². The van der Waals surface area contributed by atoms with E-state index >= 15 is 0 Å². The molecule has 0 aliphatic carbocycles. The number of hydrogen-bond donors (Lipinski definition) is 2. The van der Waals surface area contributed by atoms with Crippen LogP contribution in [0.2, 0.25) is 5.02 Å². The molecule has 120 valence electrons. The molecule has 2 amide bonds. The van der Waals surface area contributed by atoms with E-state index in [1.807, 2.05) is 0 Å². The fraction of sp³-hybridized carbons (Fsp3) is 0.235. The Morgan fingerprint density at radius 1 is 1.26 bits per heavy atom. The van der Waals surface area contributed by atoms with Crippen molar-refractivity contribution in [2.75, 3.05) is 25.0 Å². The van der Waals surface area contributed by atoms with E-state index < -0.39 is 0 Å². The number of hydrogen-bond acceptors (Lipinski definition) is 3. The van der Waals surface area contributed by atoms with Gasteiger partial charge in [-0.2, -0.15) is 0 Å². The first-order valence-electron chi connectivity index (χ1n) is 7.33. The maximum Gasteiger partial charge on any atom is 0.321 e. The molecule has 0 unspecified atom stereocenters. The Balaban J connectivity index is 1.42. The van der Waals surface area contributed by atoms with Gasteiger partial charge in [0.25, 0.3) is 0 Å². The number of rotatable bonds is 4. The van der Waals surface area contributed by atoms with E-state index in [1.54, 1.807) is 53.4 Å². The summed E-state index contributed by atoms with van der Waals surface area (Å²) in [5.41, 5.74) is 0.686. The summed E-state index contributed by atoms with van der Waals surface area (Å²) in [6.45, 7) is 1.86. The van der Waals surface area contributed by atoms with Crippen LogP contribution in [0.25, 0.3) is 0 Å². The van der Waals surface area contributed by atoms with Crippen molar-refractivity contribution in [3.8, 4) is 11.5 Å². The van der Waals surface area contributed by atoms with Gasteiger partial charge in [0.2, 0.25) is 0 Å². The molecular formula is C17H17ClN2O3. The van der Waals surface area contributed by atoms with Crippen LogP contribution >= 0.6 is 11.6 Å². The molecule has 2 aromatic rings. The molecule has 0 atom stereocenters. The zero-order valence-corrected chi connectivity index (χ0v) is 13.2. The molecule has 0 radical (unpaired) electrons. The van der Waals surface area contributed by atoms with E-state index in [0.717, 1.165) is 0 Å². The van der Waals surface area contributed by atoms with Crippen LogP contribution in [0.5, 0.6) is 11.5 Å². The maximum atomic E-state index is 12.1. The van der Waals surface area contributed by atoms with Crippen LogP contribution in [0.3, 0.4) is 0 Å². The van der Waals surface area contributed by atoms with Gasteiger partial charge in [-0.1, -0.05) is 17.7 Å². The lowest BCUT2D eigenvalue weighted by Crippen LogP contribution is -2.53. The Morgan fingerprint density at radius 3 is 2.70 bits per heavy atom. The smallest absolute Gasteiger partial charge is 0.321 e. The molecule has 0 bridgehead atoms. The molecule has 1 heterocycles. The van der Waals surface area contributed by atoms with Crippen molar-refractivity contribution in [3.63, 3.8) is 0 Å². The summed E-state index contributed by atoms with van der Waals surface area (Å²) >= 11 is 5.89. The average molecular weight is 333 g/mol. The predicted molar refractivity (Wildman–Crippen MR) is 89.1 cm³/mol. The molecule has 23 heavy (non-hydrogen) atoms. The summed E-state index contributed by atoms with van der Waals surface area (Å²) in [7, 11) is 0. The van der Waals surface area contributed by atoms with Gasteiger partial charge in [-0.05, 0) is 42.5 Å². The van der Waals surface area contributed by atoms with E-state index in [1.165, 1.54) is 0 Å². The first-order valence-corrected chi connectivity index (χ1v) is 7.71. The van der Waals surface area contributed by atoms with Crippen LogP contribution < -0.4 is 10.1 Å². The minimum absolute atomic E-state index is 0.131. The summed E-state index contributed by atoms with van der Waals surface area (Å²) in [5.74, 6) is 1.24. The number of carbonyl (C=O) groups excluding carboxylic acids is 1. The quantitative estimate of drug-likeness (QED) is 0.899. The molecule has 1 fully saturated rings. The summed E-state index contributed by atoms with van der Waals surface area (Å²) in [6, 6.07) is 13.5. The molecule has 1 aliphatic heterocycles. The van der Waals surface area contributed by atoms with Crippen molar-refractivity contribution in [1.29, 1.82) is 0 Å². The number of ether oxygens (including phenoxy) is 1. The van der Waals surface area contributed by atoms with Gasteiger partial charge in [-0.25, -0.2) is 4.79 Å². The number of nitrogens with zero attached hydrogens (tertiary/aromatic N) is 1. The number of phenols is 1. The highest BCUT2D eigenvalue weighted by molar-refractivity contribution is 6.30. The van der Waals surface area contributed by atoms with Gasteiger partial charge in [-0.3, -0.25) is 0 Å². The Labute approximate surface area is 139 Å². The fourth-order valence-electron chi connectivity index (χ4n) is 2.37.